The third-order valence-electron chi connectivity index (χ3n) is 4.00. The molecule has 3 aromatic rings. The van der Waals surface area contributed by atoms with Crippen LogP contribution in [0.25, 0.3) is 0 Å². The lowest BCUT2D eigenvalue weighted by molar-refractivity contribution is -0.134. The number of aromatic amines is 1. The van der Waals surface area contributed by atoms with Crippen molar-refractivity contribution < 1.29 is 4.79 Å². The molecular formula is C18H21N5O. The Bertz CT molecular complexity index is 780. The smallest absolute Gasteiger partial charge is 0.246 e. The van der Waals surface area contributed by atoms with Crippen LogP contribution in [0.4, 0.5) is 0 Å². The van der Waals surface area contributed by atoms with Gasteiger partial charge in [0.1, 0.15) is 6.04 Å². The molecule has 0 bridgehead atoms. The topological polar surface area (TPSA) is 66.8 Å². The van der Waals surface area contributed by atoms with Gasteiger partial charge in [0, 0.05) is 56.2 Å². The molecule has 0 aliphatic carbocycles. The highest BCUT2D eigenvalue weighted by Crippen LogP contribution is 2.17. The van der Waals surface area contributed by atoms with Crippen LogP contribution in [0.2, 0.25) is 0 Å². The van der Waals surface area contributed by atoms with E-state index in [0.717, 1.165) is 17.0 Å². The Hall–Kier alpha value is -2.89. The van der Waals surface area contributed by atoms with Gasteiger partial charge in [0.15, 0.2) is 0 Å². The number of H-pyrrole nitrogens is 1. The molecule has 3 rings (SSSR count). The van der Waals surface area contributed by atoms with E-state index in [1.807, 2.05) is 55.2 Å². The molecule has 3 heterocycles. The van der Waals surface area contributed by atoms with E-state index in [1.165, 1.54) is 0 Å². The molecule has 6 nitrogen and oxygen atoms in total. The minimum atomic E-state index is -0.298. The second-order valence-corrected chi connectivity index (χ2v) is 5.93. The zero-order valence-corrected chi connectivity index (χ0v) is 13.9. The fourth-order valence-corrected chi connectivity index (χ4v) is 2.79. The Morgan fingerprint density at radius 1 is 1.38 bits per heavy atom. The summed E-state index contributed by atoms with van der Waals surface area (Å²) < 4.78 is 1.94. The normalized spacial score (nSPS) is 12.1. The van der Waals surface area contributed by atoms with Gasteiger partial charge in [0.2, 0.25) is 5.91 Å². The minimum Gasteiger partial charge on any atom is -0.348 e. The Morgan fingerprint density at radius 2 is 2.17 bits per heavy atom. The van der Waals surface area contributed by atoms with E-state index in [4.69, 9.17) is 0 Å². The second kappa shape index (κ2) is 7.12. The summed E-state index contributed by atoms with van der Waals surface area (Å²) in [7, 11) is 1.83. The van der Waals surface area contributed by atoms with E-state index in [1.54, 1.807) is 23.6 Å². The van der Waals surface area contributed by atoms with Gasteiger partial charge in [0.05, 0.1) is 6.33 Å². The highest BCUT2D eigenvalue weighted by atomic mass is 16.2. The predicted octanol–water partition coefficient (Wildman–Crippen LogP) is 2.36. The quantitative estimate of drug-likeness (QED) is 0.757. The number of hydrogen-bond donors (Lipinski definition) is 1. The van der Waals surface area contributed by atoms with Crippen molar-refractivity contribution in [2.24, 2.45) is 0 Å². The molecule has 1 amide bonds. The SMILES string of the molecule is Cc1cc(CN(C)C(=O)[C@@H](Cc2cnc[nH]2)n2cccc2)ccn1. The first-order chi connectivity index (χ1) is 11.6. The molecule has 24 heavy (non-hydrogen) atoms. The first-order valence-electron chi connectivity index (χ1n) is 7.89. The highest BCUT2D eigenvalue weighted by molar-refractivity contribution is 5.80. The molecule has 124 valence electrons. The van der Waals surface area contributed by atoms with Gasteiger partial charge in [-0.15, -0.1) is 0 Å². The van der Waals surface area contributed by atoms with E-state index in [2.05, 4.69) is 15.0 Å². The monoisotopic (exact) mass is 323 g/mol. The summed E-state index contributed by atoms with van der Waals surface area (Å²) in [6.07, 6.45) is 9.59. The van der Waals surface area contributed by atoms with Crippen molar-refractivity contribution in [2.45, 2.75) is 25.9 Å². The number of hydrogen-bond acceptors (Lipinski definition) is 3. The van der Waals surface area contributed by atoms with Crippen molar-refractivity contribution >= 4 is 5.91 Å². The molecule has 0 aliphatic rings. The van der Waals surface area contributed by atoms with Gasteiger partial charge >= 0.3 is 0 Å². The third kappa shape index (κ3) is 3.71. The molecule has 0 aliphatic heterocycles. The van der Waals surface area contributed by atoms with Gasteiger partial charge in [-0.25, -0.2) is 4.98 Å². The summed E-state index contributed by atoms with van der Waals surface area (Å²) in [5.41, 5.74) is 2.97. The average Bonchev–Trinajstić information content (AvgIpc) is 3.25. The number of nitrogens with one attached hydrogen (secondary N) is 1. The third-order valence-corrected chi connectivity index (χ3v) is 4.00. The lowest BCUT2D eigenvalue weighted by atomic mass is 10.1. The number of likely N-dealkylation sites (N-methyl/N-ethyl adjacent to an activating group) is 1. The Labute approximate surface area is 141 Å². The Balaban J connectivity index is 1.77. The summed E-state index contributed by atoms with van der Waals surface area (Å²) in [6.45, 7) is 2.51. The number of imidazole rings is 1. The lowest BCUT2D eigenvalue weighted by Crippen LogP contribution is -2.35. The van der Waals surface area contributed by atoms with Gasteiger partial charge in [-0.2, -0.15) is 0 Å². The number of aryl methyl sites for hydroxylation is 1. The molecule has 0 aromatic carbocycles. The first-order valence-corrected chi connectivity index (χ1v) is 7.89. The van der Waals surface area contributed by atoms with Crippen molar-refractivity contribution in [1.82, 2.24) is 24.4 Å². The van der Waals surface area contributed by atoms with Gasteiger partial charge in [0.25, 0.3) is 0 Å². The standard InChI is InChI=1S/C18H21N5O/c1-14-9-15(5-6-20-14)12-22(2)18(24)17(23-7-3-4-8-23)10-16-11-19-13-21-16/h3-9,11,13,17H,10,12H2,1-2H3,(H,19,21)/t17-/m1/s1. The molecular weight excluding hydrogens is 302 g/mol. The zero-order valence-electron chi connectivity index (χ0n) is 13.9. The first kappa shape index (κ1) is 16.0. The Kier molecular flexibility index (Phi) is 4.74. The van der Waals surface area contributed by atoms with Crippen molar-refractivity contribution in [3.8, 4) is 0 Å². The molecule has 0 radical (unpaired) electrons. The molecule has 0 fully saturated rings. The summed E-state index contributed by atoms with van der Waals surface area (Å²) >= 11 is 0. The number of nitrogens with zero attached hydrogens (tertiary/aromatic N) is 4. The molecule has 1 atom stereocenters. The minimum absolute atomic E-state index is 0.0651. The van der Waals surface area contributed by atoms with Crippen LogP contribution in [0.5, 0.6) is 0 Å². The zero-order chi connectivity index (χ0) is 16.9. The van der Waals surface area contributed by atoms with E-state index in [0.29, 0.717) is 13.0 Å². The molecule has 0 saturated carbocycles. The van der Waals surface area contributed by atoms with Crippen LogP contribution < -0.4 is 0 Å². The molecule has 0 saturated heterocycles. The van der Waals surface area contributed by atoms with Crippen LogP contribution in [0.3, 0.4) is 0 Å². The van der Waals surface area contributed by atoms with Crippen LogP contribution in [0.15, 0.2) is 55.4 Å². The maximum Gasteiger partial charge on any atom is 0.246 e. The average molecular weight is 323 g/mol. The predicted molar refractivity (Wildman–Crippen MR) is 91.2 cm³/mol. The number of amides is 1. The maximum atomic E-state index is 13.0. The van der Waals surface area contributed by atoms with Gasteiger partial charge in [-0.3, -0.25) is 9.78 Å². The van der Waals surface area contributed by atoms with Crippen molar-refractivity contribution in [1.29, 1.82) is 0 Å². The van der Waals surface area contributed by atoms with Crippen molar-refractivity contribution in [3.05, 3.63) is 72.3 Å². The van der Waals surface area contributed by atoms with Crippen molar-refractivity contribution in [2.75, 3.05) is 7.05 Å². The molecule has 1 N–H and O–H groups in total. The molecule has 3 aromatic heterocycles. The number of aromatic nitrogens is 4. The number of rotatable bonds is 6. The van der Waals surface area contributed by atoms with Gasteiger partial charge in [-0.05, 0) is 36.8 Å². The van der Waals surface area contributed by atoms with Crippen LogP contribution in [-0.2, 0) is 17.8 Å². The van der Waals surface area contributed by atoms with Crippen LogP contribution in [0, 0.1) is 6.92 Å². The van der Waals surface area contributed by atoms with E-state index >= 15 is 0 Å². The number of carbonyl (C=O) groups excluding carboxylic acids is 1. The molecule has 0 spiro atoms. The van der Waals surface area contributed by atoms with Gasteiger partial charge < -0.3 is 14.5 Å². The maximum absolute atomic E-state index is 13.0. The van der Waals surface area contributed by atoms with E-state index in [9.17, 15) is 4.79 Å². The highest BCUT2D eigenvalue weighted by Gasteiger charge is 2.24. The number of pyridine rings is 1. The Morgan fingerprint density at radius 3 is 2.83 bits per heavy atom. The molecule has 6 heteroatoms. The summed E-state index contributed by atoms with van der Waals surface area (Å²) in [4.78, 5) is 26.1. The van der Waals surface area contributed by atoms with Crippen molar-refractivity contribution in [3.63, 3.8) is 0 Å². The van der Waals surface area contributed by atoms with Crippen LogP contribution in [-0.4, -0.2) is 37.4 Å². The van der Waals surface area contributed by atoms with Gasteiger partial charge in [-0.1, -0.05) is 0 Å². The second-order valence-electron chi connectivity index (χ2n) is 5.93. The fraction of sp³-hybridized carbons (Fsp3) is 0.278. The van der Waals surface area contributed by atoms with Crippen LogP contribution in [0.1, 0.15) is 23.0 Å². The summed E-state index contributed by atoms with van der Waals surface area (Å²) in [5.74, 6) is 0.0651. The summed E-state index contributed by atoms with van der Waals surface area (Å²) in [5, 5.41) is 0. The molecule has 0 unspecified atom stereocenters. The number of carbonyl (C=O) groups is 1. The van der Waals surface area contributed by atoms with E-state index in [-0.39, 0.29) is 11.9 Å². The van der Waals surface area contributed by atoms with Crippen LogP contribution >= 0.6 is 0 Å². The lowest BCUT2D eigenvalue weighted by Gasteiger charge is -2.25. The summed E-state index contributed by atoms with van der Waals surface area (Å²) in [6, 6.07) is 7.51. The fourth-order valence-electron chi connectivity index (χ4n) is 2.79. The van der Waals surface area contributed by atoms with E-state index < -0.39 is 0 Å². The largest absolute Gasteiger partial charge is 0.348 e.